The third kappa shape index (κ3) is 2.99. The lowest BCUT2D eigenvalue weighted by Crippen LogP contribution is -2.08. The van der Waals surface area contributed by atoms with E-state index in [1.165, 1.54) is 0 Å². The lowest BCUT2D eigenvalue weighted by molar-refractivity contribution is -0.144. The van der Waals surface area contributed by atoms with Crippen molar-refractivity contribution in [3.8, 4) is 0 Å². The van der Waals surface area contributed by atoms with Gasteiger partial charge in [0, 0.05) is 21.9 Å². The Morgan fingerprint density at radius 3 is 1.68 bits per heavy atom. The molecule has 0 aromatic heterocycles. The zero-order valence-electron chi connectivity index (χ0n) is 12.1. The van der Waals surface area contributed by atoms with E-state index in [9.17, 15) is 4.79 Å². The van der Waals surface area contributed by atoms with Crippen LogP contribution in [0.15, 0.2) is 48.5 Å². The highest BCUT2D eigenvalue weighted by Crippen LogP contribution is 2.61. The van der Waals surface area contributed by atoms with Gasteiger partial charge in [-0.15, -0.1) is 0 Å². The number of esters is 1. The van der Waals surface area contributed by atoms with Gasteiger partial charge in [0.05, 0.1) is 12.5 Å². The van der Waals surface area contributed by atoms with Crippen LogP contribution >= 0.6 is 23.2 Å². The summed E-state index contributed by atoms with van der Waals surface area (Å²) in [6, 6.07) is 15.4. The number of hydrogen-bond acceptors (Lipinski definition) is 2. The molecule has 0 bridgehead atoms. The molecule has 0 unspecified atom stereocenters. The van der Waals surface area contributed by atoms with Crippen LogP contribution in [0.2, 0.25) is 10.0 Å². The molecule has 0 spiro atoms. The molecule has 0 amide bonds. The Hall–Kier alpha value is -1.51. The highest BCUT2D eigenvalue weighted by molar-refractivity contribution is 6.30. The van der Waals surface area contributed by atoms with E-state index >= 15 is 0 Å². The molecule has 1 aliphatic carbocycles. The van der Waals surface area contributed by atoms with Crippen LogP contribution in [0.5, 0.6) is 0 Å². The number of carbonyl (C=O) groups excluding carboxylic acids is 1. The molecule has 2 nitrogen and oxygen atoms in total. The molecule has 4 heteroatoms. The van der Waals surface area contributed by atoms with E-state index in [1.807, 2.05) is 55.5 Å². The number of hydrogen-bond donors (Lipinski definition) is 0. The second-order valence-electron chi connectivity index (χ2n) is 5.43. The van der Waals surface area contributed by atoms with Crippen molar-refractivity contribution in [2.45, 2.75) is 18.8 Å². The summed E-state index contributed by atoms with van der Waals surface area (Å²) in [5.74, 6) is -0.000291. The van der Waals surface area contributed by atoms with Crippen LogP contribution in [-0.4, -0.2) is 12.6 Å². The smallest absolute Gasteiger partial charge is 0.310 e. The summed E-state index contributed by atoms with van der Waals surface area (Å²) in [4.78, 5) is 12.2. The first-order valence-electron chi connectivity index (χ1n) is 7.29. The van der Waals surface area contributed by atoms with Crippen LogP contribution in [-0.2, 0) is 9.53 Å². The number of ether oxygens (including phenoxy) is 1. The summed E-state index contributed by atoms with van der Waals surface area (Å²) in [6.07, 6.45) is 0. The average Bonchev–Trinajstić information content (AvgIpc) is 3.24. The molecule has 1 aliphatic rings. The quantitative estimate of drug-likeness (QED) is 0.731. The minimum Gasteiger partial charge on any atom is -0.466 e. The first kappa shape index (κ1) is 15.4. The van der Waals surface area contributed by atoms with Crippen molar-refractivity contribution < 1.29 is 9.53 Å². The summed E-state index contributed by atoms with van der Waals surface area (Å²) in [5.41, 5.74) is 2.23. The van der Waals surface area contributed by atoms with E-state index in [1.54, 1.807) is 0 Å². The standard InChI is InChI=1S/C18H16Cl2O2/c1-2-22-18(21)17-15(11-3-7-13(19)8-4-11)16(17)12-5-9-14(20)10-6-12/h3-10,15-17H,2H2,1H3/t15-,16-/m1/s1. The molecule has 22 heavy (non-hydrogen) atoms. The summed E-state index contributed by atoms with van der Waals surface area (Å²) in [7, 11) is 0. The van der Waals surface area contributed by atoms with Gasteiger partial charge in [-0.25, -0.2) is 0 Å². The molecule has 0 saturated heterocycles. The van der Waals surface area contributed by atoms with Crippen LogP contribution in [0.3, 0.4) is 0 Å². The monoisotopic (exact) mass is 334 g/mol. The van der Waals surface area contributed by atoms with Gasteiger partial charge in [-0.1, -0.05) is 47.5 Å². The van der Waals surface area contributed by atoms with Crippen LogP contribution in [0.4, 0.5) is 0 Å². The fourth-order valence-electron chi connectivity index (χ4n) is 3.04. The molecule has 0 heterocycles. The van der Waals surface area contributed by atoms with Crippen molar-refractivity contribution in [2.24, 2.45) is 5.92 Å². The second kappa shape index (κ2) is 6.31. The van der Waals surface area contributed by atoms with Gasteiger partial charge in [0.2, 0.25) is 0 Å². The van der Waals surface area contributed by atoms with E-state index in [-0.39, 0.29) is 23.7 Å². The Morgan fingerprint density at radius 2 is 1.32 bits per heavy atom. The molecule has 114 valence electrons. The minimum absolute atomic E-state index is 0.137. The van der Waals surface area contributed by atoms with Crippen molar-refractivity contribution in [2.75, 3.05) is 6.61 Å². The highest BCUT2D eigenvalue weighted by atomic mass is 35.5. The van der Waals surface area contributed by atoms with E-state index in [4.69, 9.17) is 27.9 Å². The van der Waals surface area contributed by atoms with E-state index < -0.39 is 0 Å². The Balaban J connectivity index is 1.90. The van der Waals surface area contributed by atoms with Crippen molar-refractivity contribution in [1.82, 2.24) is 0 Å². The lowest BCUT2D eigenvalue weighted by Gasteiger charge is -2.01. The maximum absolute atomic E-state index is 12.2. The third-order valence-corrected chi connectivity index (χ3v) is 4.59. The highest BCUT2D eigenvalue weighted by Gasteiger charge is 2.56. The zero-order chi connectivity index (χ0) is 15.7. The molecule has 0 aliphatic heterocycles. The van der Waals surface area contributed by atoms with E-state index in [2.05, 4.69) is 0 Å². The van der Waals surface area contributed by atoms with E-state index in [0.29, 0.717) is 16.7 Å². The summed E-state index contributed by atoms with van der Waals surface area (Å²) in [5, 5.41) is 1.39. The van der Waals surface area contributed by atoms with Gasteiger partial charge >= 0.3 is 5.97 Å². The predicted octanol–water partition coefficient (Wildman–Crippen LogP) is 5.05. The van der Waals surface area contributed by atoms with Gasteiger partial charge in [0.15, 0.2) is 0 Å². The number of carbonyl (C=O) groups is 1. The Labute approximate surface area is 140 Å². The maximum atomic E-state index is 12.2. The van der Waals surface area contributed by atoms with E-state index in [0.717, 1.165) is 11.1 Å². The molecule has 0 radical (unpaired) electrons. The number of halogens is 2. The molecule has 1 fully saturated rings. The van der Waals surface area contributed by atoms with Gasteiger partial charge in [0.25, 0.3) is 0 Å². The Bertz CT molecular complexity index is 613. The summed E-state index contributed by atoms with van der Waals surface area (Å²) < 4.78 is 5.23. The molecular weight excluding hydrogens is 319 g/mol. The molecule has 2 aromatic rings. The zero-order valence-corrected chi connectivity index (χ0v) is 13.6. The fourth-order valence-corrected chi connectivity index (χ4v) is 3.29. The first-order chi connectivity index (χ1) is 10.6. The summed E-state index contributed by atoms with van der Waals surface area (Å²) >= 11 is 11.9. The van der Waals surface area contributed by atoms with Crippen LogP contribution in [0, 0.1) is 5.92 Å². The largest absolute Gasteiger partial charge is 0.466 e. The van der Waals surface area contributed by atoms with Gasteiger partial charge in [-0.2, -0.15) is 0 Å². The summed E-state index contributed by atoms with van der Waals surface area (Å²) in [6.45, 7) is 2.23. The van der Waals surface area contributed by atoms with Gasteiger partial charge < -0.3 is 4.74 Å². The Morgan fingerprint density at radius 1 is 0.909 bits per heavy atom. The molecule has 2 aromatic carbocycles. The lowest BCUT2D eigenvalue weighted by atomic mass is 10.0. The van der Waals surface area contributed by atoms with Crippen LogP contribution < -0.4 is 0 Å². The van der Waals surface area contributed by atoms with Crippen molar-refractivity contribution in [3.05, 3.63) is 69.7 Å². The van der Waals surface area contributed by atoms with Crippen molar-refractivity contribution in [1.29, 1.82) is 0 Å². The minimum atomic E-state index is -0.137. The normalized spacial score (nSPS) is 23.1. The third-order valence-electron chi connectivity index (χ3n) is 4.09. The average molecular weight is 335 g/mol. The number of benzene rings is 2. The Kier molecular flexibility index (Phi) is 4.42. The van der Waals surface area contributed by atoms with Gasteiger partial charge in [-0.3, -0.25) is 4.79 Å². The first-order valence-corrected chi connectivity index (χ1v) is 8.05. The fraction of sp³-hybridized carbons (Fsp3) is 0.278. The molecule has 1 saturated carbocycles. The van der Waals surface area contributed by atoms with Gasteiger partial charge in [0.1, 0.15) is 0 Å². The van der Waals surface area contributed by atoms with Crippen LogP contribution in [0.25, 0.3) is 0 Å². The molecular formula is C18H16Cl2O2. The molecule has 2 atom stereocenters. The predicted molar refractivity (Wildman–Crippen MR) is 88.5 cm³/mol. The molecule has 0 N–H and O–H groups in total. The van der Waals surface area contributed by atoms with Crippen molar-refractivity contribution >= 4 is 29.2 Å². The topological polar surface area (TPSA) is 26.3 Å². The molecule has 3 rings (SSSR count). The maximum Gasteiger partial charge on any atom is 0.310 e. The van der Waals surface area contributed by atoms with Crippen molar-refractivity contribution in [3.63, 3.8) is 0 Å². The SMILES string of the molecule is CCOC(=O)C1[C@H](c2ccc(Cl)cc2)[C@H]1c1ccc(Cl)cc1. The number of rotatable bonds is 4. The second-order valence-corrected chi connectivity index (χ2v) is 6.31. The van der Waals surface area contributed by atoms with Gasteiger partial charge in [-0.05, 0) is 42.3 Å². The van der Waals surface area contributed by atoms with Crippen LogP contribution in [0.1, 0.15) is 29.9 Å².